The minimum absolute atomic E-state index is 0. The van der Waals surface area contributed by atoms with Crippen LogP contribution in [0.15, 0.2) is 48.7 Å². The van der Waals surface area contributed by atoms with E-state index in [2.05, 4.69) is 16.0 Å². The molecule has 0 spiro atoms. The summed E-state index contributed by atoms with van der Waals surface area (Å²) in [4.78, 5) is 8.46. The Morgan fingerprint density at radius 2 is 1.76 bits per heavy atom. The van der Waals surface area contributed by atoms with Gasteiger partial charge in [0.2, 0.25) is 0 Å². The molecule has 0 saturated heterocycles. The molecule has 1 aromatic heterocycles. The van der Waals surface area contributed by atoms with E-state index in [0.29, 0.717) is 11.4 Å². The van der Waals surface area contributed by atoms with Crippen molar-refractivity contribution < 1.29 is 33.3 Å². The Hall–Kier alpha value is -1.78. The Labute approximate surface area is 132 Å². The molecule has 6 heteroatoms. The van der Waals surface area contributed by atoms with Crippen LogP contribution in [0.1, 0.15) is 5.56 Å². The molecule has 1 radical (unpaired) electrons. The van der Waals surface area contributed by atoms with E-state index in [1.165, 1.54) is 6.07 Å². The van der Waals surface area contributed by atoms with Gasteiger partial charge in [-0.05, 0) is 11.6 Å². The normalized spacial score (nSPS) is 11.2. The molecule has 109 valence electrons. The first-order valence-electron chi connectivity index (χ1n) is 5.85. The quantitative estimate of drug-likeness (QED) is 0.506. The van der Waals surface area contributed by atoms with Crippen LogP contribution in [0.2, 0.25) is 0 Å². The zero-order chi connectivity index (χ0) is 14.2. The summed E-state index contributed by atoms with van der Waals surface area (Å²) in [6.07, 6.45) is -2.72. The SMILES string of the molecule is FC(F)(F)c1c[c-]c(-c2ncc3ccccc3n2)cc1.[Ir]. The smallest absolute Gasteiger partial charge is 0.285 e. The van der Waals surface area contributed by atoms with E-state index in [9.17, 15) is 13.2 Å². The van der Waals surface area contributed by atoms with Crippen molar-refractivity contribution in [1.82, 2.24) is 9.97 Å². The molecular weight excluding hydrogens is 457 g/mol. The third kappa shape index (κ3) is 3.28. The molecule has 1 heterocycles. The number of rotatable bonds is 1. The summed E-state index contributed by atoms with van der Waals surface area (Å²) in [5, 5.41) is 0.878. The van der Waals surface area contributed by atoms with Crippen LogP contribution in [0.4, 0.5) is 13.2 Å². The van der Waals surface area contributed by atoms with Gasteiger partial charge in [0.25, 0.3) is 0 Å². The first-order valence-corrected chi connectivity index (χ1v) is 5.85. The summed E-state index contributed by atoms with van der Waals surface area (Å²) in [5.74, 6) is 0.359. The summed E-state index contributed by atoms with van der Waals surface area (Å²) < 4.78 is 37.4. The fraction of sp³-hybridized carbons (Fsp3) is 0.0667. The molecule has 2 aromatic carbocycles. The summed E-state index contributed by atoms with van der Waals surface area (Å²) in [6.45, 7) is 0. The second-order valence-electron chi connectivity index (χ2n) is 4.24. The summed E-state index contributed by atoms with van der Waals surface area (Å²) in [6, 6.07) is 13.2. The summed E-state index contributed by atoms with van der Waals surface area (Å²) in [7, 11) is 0. The van der Waals surface area contributed by atoms with Gasteiger partial charge in [0, 0.05) is 31.7 Å². The fourth-order valence-corrected chi connectivity index (χ4v) is 1.84. The number of alkyl halides is 3. The van der Waals surface area contributed by atoms with E-state index in [1.54, 1.807) is 6.20 Å². The van der Waals surface area contributed by atoms with Crippen LogP contribution in [0.5, 0.6) is 0 Å². The van der Waals surface area contributed by atoms with Crippen molar-refractivity contribution in [2.45, 2.75) is 6.18 Å². The number of nitrogens with zero attached hydrogens (tertiary/aromatic N) is 2. The number of benzene rings is 2. The molecule has 0 bridgehead atoms. The zero-order valence-corrected chi connectivity index (χ0v) is 12.9. The molecule has 0 aliphatic rings. The third-order valence-electron chi connectivity index (χ3n) is 2.87. The predicted molar refractivity (Wildman–Crippen MR) is 68.8 cm³/mol. The summed E-state index contributed by atoms with van der Waals surface area (Å²) >= 11 is 0. The molecule has 21 heavy (non-hydrogen) atoms. The topological polar surface area (TPSA) is 25.8 Å². The van der Waals surface area contributed by atoms with Crippen LogP contribution in [-0.4, -0.2) is 9.97 Å². The Bertz CT molecular complexity index is 755. The molecule has 0 atom stereocenters. The number of hydrogen-bond acceptors (Lipinski definition) is 2. The number of halogens is 3. The van der Waals surface area contributed by atoms with Crippen molar-refractivity contribution in [1.29, 1.82) is 0 Å². The Morgan fingerprint density at radius 3 is 2.43 bits per heavy atom. The monoisotopic (exact) mass is 466 g/mol. The van der Waals surface area contributed by atoms with Crippen LogP contribution in [0, 0.1) is 6.07 Å². The molecule has 0 aliphatic heterocycles. The van der Waals surface area contributed by atoms with Gasteiger partial charge in [-0.3, -0.25) is 9.97 Å². The summed E-state index contributed by atoms with van der Waals surface area (Å²) in [5.41, 5.74) is 0.441. The van der Waals surface area contributed by atoms with Crippen LogP contribution in [0.3, 0.4) is 0 Å². The Balaban J connectivity index is 0.00000161. The van der Waals surface area contributed by atoms with Gasteiger partial charge in [0.1, 0.15) is 0 Å². The van der Waals surface area contributed by atoms with Gasteiger partial charge in [0.15, 0.2) is 0 Å². The maximum absolute atomic E-state index is 12.5. The van der Waals surface area contributed by atoms with E-state index in [0.717, 1.165) is 23.0 Å². The van der Waals surface area contributed by atoms with Crippen LogP contribution in [0.25, 0.3) is 22.3 Å². The number of aromatic nitrogens is 2. The van der Waals surface area contributed by atoms with Crippen LogP contribution in [-0.2, 0) is 26.3 Å². The van der Waals surface area contributed by atoms with Gasteiger partial charge in [-0.1, -0.05) is 18.2 Å². The molecule has 0 amide bonds. The number of fused-ring (bicyclic) bond motifs is 1. The fourth-order valence-electron chi connectivity index (χ4n) is 1.84. The van der Waals surface area contributed by atoms with Crippen molar-refractivity contribution in [3.05, 3.63) is 60.3 Å². The van der Waals surface area contributed by atoms with Gasteiger partial charge in [0.05, 0.1) is 11.3 Å². The van der Waals surface area contributed by atoms with E-state index < -0.39 is 11.7 Å². The van der Waals surface area contributed by atoms with Crippen LogP contribution < -0.4 is 0 Å². The average molecular weight is 465 g/mol. The molecule has 3 aromatic rings. The van der Waals surface area contributed by atoms with Crippen molar-refractivity contribution in [3.8, 4) is 11.4 Å². The van der Waals surface area contributed by atoms with Gasteiger partial charge in [-0.2, -0.15) is 13.2 Å². The standard InChI is InChI=1S/C15H8F3N2.Ir/c16-15(17,18)12-7-5-10(6-8-12)14-19-9-11-3-1-2-4-13(11)20-14;/h1-5,7-9H;/q-1;. The van der Waals surface area contributed by atoms with Gasteiger partial charge in [-0.25, -0.2) is 0 Å². The second kappa shape index (κ2) is 5.92. The minimum atomic E-state index is -4.36. The molecule has 0 aliphatic carbocycles. The largest absolute Gasteiger partial charge is 0.381 e. The Morgan fingerprint density at radius 1 is 1.00 bits per heavy atom. The maximum atomic E-state index is 12.5. The van der Waals surface area contributed by atoms with Gasteiger partial charge < -0.3 is 0 Å². The number of para-hydroxylation sites is 1. The van der Waals surface area contributed by atoms with Gasteiger partial charge >= 0.3 is 6.18 Å². The molecule has 0 saturated carbocycles. The molecule has 0 fully saturated rings. The third-order valence-corrected chi connectivity index (χ3v) is 2.87. The van der Waals surface area contributed by atoms with Crippen molar-refractivity contribution in [3.63, 3.8) is 0 Å². The minimum Gasteiger partial charge on any atom is -0.285 e. The predicted octanol–water partition coefficient (Wildman–Crippen LogP) is 4.11. The van der Waals surface area contributed by atoms with Crippen molar-refractivity contribution >= 4 is 10.9 Å². The van der Waals surface area contributed by atoms with E-state index in [-0.39, 0.29) is 20.1 Å². The van der Waals surface area contributed by atoms with E-state index in [1.807, 2.05) is 24.3 Å². The first-order chi connectivity index (χ1) is 9.54. The molecule has 0 unspecified atom stereocenters. The van der Waals surface area contributed by atoms with Gasteiger partial charge in [-0.15, -0.1) is 29.8 Å². The average Bonchev–Trinajstić information content (AvgIpc) is 2.46. The second-order valence-corrected chi connectivity index (χ2v) is 4.24. The molecule has 0 N–H and O–H groups in total. The number of hydrogen-bond donors (Lipinski definition) is 0. The zero-order valence-electron chi connectivity index (χ0n) is 10.5. The molecule has 2 nitrogen and oxygen atoms in total. The van der Waals surface area contributed by atoms with Crippen LogP contribution >= 0.6 is 0 Å². The molecular formula is C15H8F3IrN2-. The Kier molecular flexibility index (Phi) is 4.40. The maximum Gasteiger partial charge on any atom is 0.381 e. The van der Waals surface area contributed by atoms with E-state index in [4.69, 9.17) is 0 Å². The van der Waals surface area contributed by atoms with Crippen molar-refractivity contribution in [2.75, 3.05) is 0 Å². The van der Waals surface area contributed by atoms with E-state index >= 15 is 0 Å². The van der Waals surface area contributed by atoms with Crippen molar-refractivity contribution in [2.24, 2.45) is 0 Å². The molecule has 3 rings (SSSR count). The first kappa shape index (κ1) is 15.6.